The van der Waals surface area contributed by atoms with E-state index >= 15 is 0 Å². The number of nitrogens with one attached hydrogen (secondary N) is 1. The number of amides is 2. The largest absolute Gasteiger partial charge is 0.481 e. The highest BCUT2D eigenvalue weighted by Gasteiger charge is 2.25. The molecule has 3 N–H and O–H groups in total. The van der Waals surface area contributed by atoms with Crippen molar-refractivity contribution in [1.82, 2.24) is 15.2 Å². The van der Waals surface area contributed by atoms with Gasteiger partial charge in [-0.05, 0) is 42.5 Å². The standard InChI is InChI=1S/C27H29N3O6/c31-21-12-14-30(15-13-21)27(35)23-17-36-26(29-23)20-8-6-19(7-9-20)22(10-11-25(33)34)28-24(32)16-18-4-2-1-3-5-18/h1-9,17,21-22,31H,10-16H2,(H,28,32)(H,33,34). The number of carbonyl (C=O) groups is 3. The molecule has 2 amide bonds. The van der Waals surface area contributed by atoms with Gasteiger partial charge in [0.25, 0.3) is 5.91 Å². The summed E-state index contributed by atoms with van der Waals surface area (Å²) in [6, 6.07) is 16.0. The lowest BCUT2D eigenvalue weighted by atomic mass is 10.00. The van der Waals surface area contributed by atoms with Crippen molar-refractivity contribution in [3.63, 3.8) is 0 Å². The highest BCUT2D eigenvalue weighted by atomic mass is 16.4. The third kappa shape index (κ3) is 6.57. The average molecular weight is 492 g/mol. The summed E-state index contributed by atoms with van der Waals surface area (Å²) in [6.07, 6.45) is 2.41. The maximum Gasteiger partial charge on any atom is 0.303 e. The summed E-state index contributed by atoms with van der Waals surface area (Å²) in [4.78, 5) is 42.5. The molecule has 9 nitrogen and oxygen atoms in total. The summed E-state index contributed by atoms with van der Waals surface area (Å²) in [5.41, 5.74) is 2.49. The normalized spacial score (nSPS) is 14.9. The van der Waals surface area contributed by atoms with Crippen molar-refractivity contribution in [1.29, 1.82) is 0 Å². The fraction of sp³-hybridized carbons (Fsp3) is 0.333. The number of aliphatic carboxylic acids is 1. The molecule has 0 bridgehead atoms. The first-order valence-corrected chi connectivity index (χ1v) is 12.0. The number of aliphatic hydroxyl groups is 1. The minimum atomic E-state index is -0.936. The van der Waals surface area contributed by atoms with E-state index in [1.165, 1.54) is 6.26 Å². The van der Waals surface area contributed by atoms with E-state index in [4.69, 9.17) is 9.52 Å². The SMILES string of the molecule is O=C(O)CCC(NC(=O)Cc1ccccc1)c1ccc(-c2nc(C(=O)N3CCC(O)CC3)co2)cc1. The molecule has 1 aromatic heterocycles. The molecule has 1 unspecified atom stereocenters. The molecular weight excluding hydrogens is 462 g/mol. The number of aliphatic hydroxyl groups excluding tert-OH is 1. The van der Waals surface area contributed by atoms with Gasteiger partial charge in [0.2, 0.25) is 11.8 Å². The van der Waals surface area contributed by atoms with Crippen LogP contribution in [0.1, 0.15) is 53.3 Å². The van der Waals surface area contributed by atoms with E-state index in [0.29, 0.717) is 31.5 Å². The molecule has 188 valence electrons. The van der Waals surface area contributed by atoms with Crippen LogP contribution in [0.5, 0.6) is 0 Å². The highest BCUT2D eigenvalue weighted by molar-refractivity contribution is 5.92. The van der Waals surface area contributed by atoms with E-state index in [-0.39, 0.29) is 48.8 Å². The molecule has 36 heavy (non-hydrogen) atoms. The number of benzene rings is 2. The van der Waals surface area contributed by atoms with Gasteiger partial charge in [-0.1, -0.05) is 42.5 Å². The van der Waals surface area contributed by atoms with Gasteiger partial charge >= 0.3 is 5.97 Å². The lowest BCUT2D eigenvalue weighted by molar-refractivity contribution is -0.137. The Balaban J connectivity index is 1.44. The Morgan fingerprint density at radius 1 is 1.06 bits per heavy atom. The monoisotopic (exact) mass is 491 g/mol. The summed E-state index contributed by atoms with van der Waals surface area (Å²) in [5.74, 6) is -1.07. The molecule has 0 radical (unpaired) electrons. The summed E-state index contributed by atoms with van der Waals surface area (Å²) in [7, 11) is 0. The van der Waals surface area contributed by atoms with Crippen molar-refractivity contribution in [3.05, 3.63) is 77.7 Å². The van der Waals surface area contributed by atoms with Crippen LogP contribution in [0, 0.1) is 0 Å². The molecule has 1 saturated heterocycles. The number of oxazole rings is 1. The predicted octanol–water partition coefficient (Wildman–Crippen LogP) is 3.20. The third-order valence-corrected chi connectivity index (χ3v) is 6.22. The lowest BCUT2D eigenvalue weighted by Crippen LogP contribution is -2.40. The van der Waals surface area contributed by atoms with Gasteiger partial charge in [0, 0.05) is 25.1 Å². The van der Waals surface area contributed by atoms with E-state index in [1.807, 2.05) is 30.3 Å². The van der Waals surface area contributed by atoms with Crippen LogP contribution in [0.3, 0.4) is 0 Å². The van der Waals surface area contributed by atoms with Gasteiger partial charge in [0.05, 0.1) is 18.6 Å². The molecule has 2 aromatic carbocycles. The number of rotatable bonds is 9. The summed E-state index contributed by atoms with van der Waals surface area (Å²) in [6.45, 7) is 0.954. The minimum Gasteiger partial charge on any atom is -0.481 e. The van der Waals surface area contributed by atoms with Crippen LogP contribution in [0.25, 0.3) is 11.5 Å². The minimum absolute atomic E-state index is 0.0865. The third-order valence-electron chi connectivity index (χ3n) is 6.22. The number of hydrogen-bond acceptors (Lipinski definition) is 6. The number of carboxylic acids is 1. The Morgan fingerprint density at radius 2 is 1.75 bits per heavy atom. The smallest absolute Gasteiger partial charge is 0.303 e. The molecular formula is C27H29N3O6. The van der Waals surface area contributed by atoms with Gasteiger partial charge in [-0.2, -0.15) is 0 Å². The van der Waals surface area contributed by atoms with E-state index in [1.54, 1.807) is 29.2 Å². The lowest BCUT2D eigenvalue weighted by Gasteiger charge is -2.28. The van der Waals surface area contributed by atoms with Crippen molar-refractivity contribution in [2.75, 3.05) is 13.1 Å². The predicted molar refractivity (Wildman–Crippen MR) is 131 cm³/mol. The molecule has 4 rings (SSSR count). The summed E-state index contributed by atoms with van der Waals surface area (Å²) >= 11 is 0. The number of aromatic nitrogens is 1. The Morgan fingerprint density at radius 3 is 2.42 bits per heavy atom. The summed E-state index contributed by atoms with van der Waals surface area (Å²) < 4.78 is 5.54. The van der Waals surface area contributed by atoms with Crippen LogP contribution in [-0.2, 0) is 16.0 Å². The molecule has 9 heteroatoms. The highest BCUT2D eigenvalue weighted by Crippen LogP contribution is 2.25. The molecule has 3 aromatic rings. The first kappa shape index (κ1) is 25.1. The topological polar surface area (TPSA) is 133 Å². The molecule has 1 atom stereocenters. The van der Waals surface area contributed by atoms with Crippen molar-refractivity contribution in [3.8, 4) is 11.5 Å². The second-order valence-electron chi connectivity index (χ2n) is 8.90. The van der Waals surface area contributed by atoms with Crippen LogP contribution >= 0.6 is 0 Å². The molecule has 2 heterocycles. The second kappa shape index (κ2) is 11.6. The number of carboxylic acid groups (broad SMARTS) is 1. The average Bonchev–Trinajstić information content (AvgIpc) is 3.37. The number of nitrogens with zero attached hydrogens (tertiary/aromatic N) is 2. The molecule has 1 aliphatic heterocycles. The van der Waals surface area contributed by atoms with E-state index in [2.05, 4.69) is 10.3 Å². The first-order chi connectivity index (χ1) is 17.4. The second-order valence-corrected chi connectivity index (χ2v) is 8.90. The van der Waals surface area contributed by atoms with Crippen molar-refractivity contribution in [2.24, 2.45) is 0 Å². The van der Waals surface area contributed by atoms with E-state index in [9.17, 15) is 19.5 Å². The Hall–Kier alpha value is -3.98. The number of carbonyl (C=O) groups excluding carboxylic acids is 2. The number of piperidine rings is 1. The van der Waals surface area contributed by atoms with E-state index < -0.39 is 12.0 Å². The van der Waals surface area contributed by atoms with Crippen molar-refractivity contribution < 1.29 is 29.0 Å². The van der Waals surface area contributed by atoms with Crippen LogP contribution in [-0.4, -0.2) is 57.1 Å². The molecule has 1 fully saturated rings. The fourth-order valence-corrected chi connectivity index (χ4v) is 4.21. The van der Waals surface area contributed by atoms with Gasteiger partial charge in [0.15, 0.2) is 5.69 Å². The van der Waals surface area contributed by atoms with Gasteiger partial charge in [-0.3, -0.25) is 14.4 Å². The molecule has 0 saturated carbocycles. The Labute approximate surface area is 208 Å². The zero-order valence-electron chi connectivity index (χ0n) is 19.8. The van der Waals surface area contributed by atoms with Crippen LogP contribution in [0.4, 0.5) is 0 Å². The molecule has 0 spiro atoms. The van der Waals surface area contributed by atoms with Gasteiger partial charge in [-0.25, -0.2) is 4.98 Å². The van der Waals surface area contributed by atoms with Gasteiger partial charge < -0.3 is 24.8 Å². The molecule has 1 aliphatic rings. The summed E-state index contributed by atoms with van der Waals surface area (Å²) in [5, 5.41) is 21.7. The molecule has 0 aliphatic carbocycles. The Bertz CT molecular complexity index is 1180. The maximum absolute atomic E-state index is 12.7. The quantitative estimate of drug-likeness (QED) is 0.419. The van der Waals surface area contributed by atoms with E-state index in [0.717, 1.165) is 11.1 Å². The maximum atomic E-state index is 12.7. The first-order valence-electron chi connectivity index (χ1n) is 12.0. The van der Waals surface area contributed by atoms with Gasteiger partial charge in [0.1, 0.15) is 6.26 Å². The zero-order valence-corrected chi connectivity index (χ0v) is 19.8. The van der Waals surface area contributed by atoms with Crippen molar-refractivity contribution in [2.45, 2.75) is 44.2 Å². The number of likely N-dealkylation sites (tertiary alicyclic amines) is 1. The fourth-order valence-electron chi connectivity index (χ4n) is 4.21. The van der Waals surface area contributed by atoms with Gasteiger partial charge in [-0.15, -0.1) is 0 Å². The van der Waals surface area contributed by atoms with Crippen LogP contribution < -0.4 is 5.32 Å². The number of hydrogen-bond donors (Lipinski definition) is 3. The van der Waals surface area contributed by atoms with Crippen LogP contribution in [0.2, 0.25) is 0 Å². The Kier molecular flexibility index (Phi) is 8.12. The zero-order chi connectivity index (χ0) is 25.5. The van der Waals surface area contributed by atoms with Crippen LogP contribution in [0.15, 0.2) is 65.3 Å². The van der Waals surface area contributed by atoms with Crippen molar-refractivity contribution >= 4 is 17.8 Å².